The van der Waals surface area contributed by atoms with Crippen molar-refractivity contribution in [2.45, 2.75) is 26.7 Å². The number of hydrogen-bond donors (Lipinski definition) is 0. The summed E-state index contributed by atoms with van der Waals surface area (Å²) in [6.45, 7) is 6.55. The smallest absolute Gasteiger partial charge is 0.0947 e. The van der Waals surface area contributed by atoms with Crippen molar-refractivity contribution in [1.29, 1.82) is 0 Å². The van der Waals surface area contributed by atoms with E-state index in [0.29, 0.717) is 5.92 Å². The normalized spacial score (nSPS) is 12.8. The molecule has 1 aromatic heterocycles. The zero-order valence-corrected chi connectivity index (χ0v) is 10.4. The van der Waals surface area contributed by atoms with Gasteiger partial charge in [0.05, 0.1) is 12.0 Å². The third-order valence-corrected chi connectivity index (χ3v) is 3.28. The molecule has 0 aliphatic heterocycles. The van der Waals surface area contributed by atoms with Crippen LogP contribution >= 0.6 is 0 Å². The second kappa shape index (κ2) is 4.12. The van der Waals surface area contributed by atoms with Crippen molar-refractivity contribution in [3.8, 4) is 0 Å². The van der Waals surface area contributed by atoms with Gasteiger partial charge in [-0.15, -0.1) is 0 Å². The molecular weight excluding hydrogens is 196 g/mol. The van der Waals surface area contributed by atoms with Gasteiger partial charge < -0.3 is 4.57 Å². The molecule has 1 aromatic carbocycles. The van der Waals surface area contributed by atoms with E-state index in [1.165, 1.54) is 16.7 Å². The third-order valence-electron chi connectivity index (χ3n) is 3.28. The van der Waals surface area contributed by atoms with Gasteiger partial charge in [0, 0.05) is 19.2 Å². The first-order chi connectivity index (χ1) is 7.59. The second-order valence-corrected chi connectivity index (χ2v) is 4.47. The van der Waals surface area contributed by atoms with E-state index in [-0.39, 0.29) is 0 Å². The van der Waals surface area contributed by atoms with E-state index in [4.69, 9.17) is 0 Å². The van der Waals surface area contributed by atoms with Crippen LogP contribution in [0, 0.1) is 13.8 Å². The molecule has 84 valence electrons. The number of nitrogens with zero attached hydrogens (tertiary/aromatic N) is 2. The lowest BCUT2D eigenvalue weighted by molar-refractivity contribution is 0.865. The molecule has 0 radical (unpaired) electrons. The highest BCUT2D eigenvalue weighted by Crippen LogP contribution is 2.26. The molecule has 2 aromatic rings. The minimum atomic E-state index is 0.362. The zero-order valence-electron chi connectivity index (χ0n) is 10.4. The van der Waals surface area contributed by atoms with E-state index in [1.54, 1.807) is 0 Å². The minimum Gasteiger partial charge on any atom is -0.340 e. The first-order valence-electron chi connectivity index (χ1n) is 5.63. The van der Waals surface area contributed by atoms with E-state index in [1.807, 2.05) is 17.9 Å². The number of imidazole rings is 1. The third kappa shape index (κ3) is 1.87. The molecule has 0 saturated carbocycles. The molecule has 0 amide bonds. The first kappa shape index (κ1) is 10.9. The van der Waals surface area contributed by atoms with Gasteiger partial charge in [0.1, 0.15) is 0 Å². The summed E-state index contributed by atoms with van der Waals surface area (Å²) in [4.78, 5) is 4.43. The molecule has 2 nitrogen and oxygen atoms in total. The molecule has 2 heteroatoms. The summed E-state index contributed by atoms with van der Waals surface area (Å²) in [5, 5.41) is 0. The number of aryl methyl sites for hydroxylation is 2. The zero-order chi connectivity index (χ0) is 11.7. The van der Waals surface area contributed by atoms with Crippen molar-refractivity contribution in [3.05, 3.63) is 53.1 Å². The van der Waals surface area contributed by atoms with Crippen LogP contribution in [0.4, 0.5) is 0 Å². The quantitative estimate of drug-likeness (QED) is 0.750. The summed E-state index contributed by atoms with van der Waals surface area (Å²) < 4.78 is 2.00. The molecule has 0 aliphatic rings. The van der Waals surface area contributed by atoms with E-state index >= 15 is 0 Å². The number of hydrogen-bond acceptors (Lipinski definition) is 1. The van der Waals surface area contributed by atoms with Crippen LogP contribution in [0.15, 0.2) is 30.7 Å². The van der Waals surface area contributed by atoms with Crippen LogP contribution in [0.5, 0.6) is 0 Å². The molecule has 16 heavy (non-hydrogen) atoms. The lowest BCUT2D eigenvalue weighted by atomic mass is 9.92. The second-order valence-electron chi connectivity index (χ2n) is 4.47. The van der Waals surface area contributed by atoms with Crippen LogP contribution in [0.1, 0.15) is 35.2 Å². The average molecular weight is 214 g/mol. The van der Waals surface area contributed by atoms with Gasteiger partial charge in [0.2, 0.25) is 0 Å². The predicted octanol–water partition coefficient (Wildman–Crippen LogP) is 3.19. The summed E-state index contributed by atoms with van der Waals surface area (Å²) in [6.07, 6.45) is 3.95. The maximum Gasteiger partial charge on any atom is 0.0947 e. The van der Waals surface area contributed by atoms with Gasteiger partial charge in [0.25, 0.3) is 0 Å². The number of rotatable bonds is 2. The number of aromatic nitrogens is 2. The van der Waals surface area contributed by atoms with Gasteiger partial charge in [-0.3, -0.25) is 0 Å². The summed E-state index contributed by atoms with van der Waals surface area (Å²) in [5.41, 5.74) is 5.23. The topological polar surface area (TPSA) is 17.8 Å². The van der Waals surface area contributed by atoms with Gasteiger partial charge in [-0.25, -0.2) is 4.98 Å². The fourth-order valence-electron chi connectivity index (χ4n) is 2.06. The lowest BCUT2D eigenvalue weighted by Crippen LogP contribution is -2.00. The standard InChI is InChI=1S/C14H18N2/c1-10-6-5-7-13(11(10)2)12(3)14-8-16(4)9-15-14/h5-9,12H,1-4H3. The van der Waals surface area contributed by atoms with Crippen LogP contribution in [-0.2, 0) is 7.05 Å². The summed E-state index contributed by atoms with van der Waals surface area (Å²) in [7, 11) is 2.01. The Morgan fingerprint density at radius 3 is 2.62 bits per heavy atom. The highest BCUT2D eigenvalue weighted by atomic mass is 15.0. The van der Waals surface area contributed by atoms with Crippen LogP contribution in [0.2, 0.25) is 0 Å². The summed E-state index contributed by atoms with van der Waals surface area (Å²) in [5.74, 6) is 0.362. The van der Waals surface area contributed by atoms with Crippen molar-refractivity contribution in [1.82, 2.24) is 9.55 Å². The van der Waals surface area contributed by atoms with Gasteiger partial charge in [-0.05, 0) is 30.5 Å². The molecule has 0 aliphatic carbocycles. The molecule has 0 saturated heterocycles. The van der Waals surface area contributed by atoms with E-state index in [2.05, 4.69) is 50.2 Å². The van der Waals surface area contributed by atoms with Crippen molar-refractivity contribution in [2.75, 3.05) is 0 Å². The van der Waals surface area contributed by atoms with Crippen molar-refractivity contribution < 1.29 is 0 Å². The molecule has 0 spiro atoms. The lowest BCUT2D eigenvalue weighted by Gasteiger charge is -2.14. The van der Waals surface area contributed by atoms with E-state index in [9.17, 15) is 0 Å². The van der Waals surface area contributed by atoms with Gasteiger partial charge >= 0.3 is 0 Å². The monoisotopic (exact) mass is 214 g/mol. The fourth-order valence-corrected chi connectivity index (χ4v) is 2.06. The van der Waals surface area contributed by atoms with E-state index < -0.39 is 0 Å². The molecule has 1 unspecified atom stereocenters. The van der Waals surface area contributed by atoms with Crippen LogP contribution in [0.3, 0.4) is 0 Å². The van der Waals surface area contributed by atoms with Crippen LogP contribution < -0.4 is 0 Å². The maximum absolute atomic E-state index is 4.43. The molecule has 1 heterocycles. The Balaban J connectivity index is 2.41. The van der Waals surface area contributed by atoms with Crippen molar-refractivity contribution >= 4 is 0 Å². The highest BCUT2D eigenvalue weighted by Gasteiger charge is 2.13. The Kier molecular flexibility index (Phi) is 2.82. The predicted molar refractivity (Wildman–Crippen MR) is 66.6 cm³/mol. The Labute approximate surface area is 97.0 Å². The Hall–Kier alpha value is -1.57. The van der Waals surface area contributed by atoms with Gasteiger partial charge in [0.15, 0.2) is 0 Å². The van der Waals surface area contributed by atoms with Crippen molar-refractivity contribution in [3.63, 3.8) is 0 Å². The molecule has 0 bridgehead atoms. The molecule has 0 N–H and O–H groups in total. The Bertz CT molecular complexity index is 497. The van der Waals surface area contributed by atoms with E-state index in [0.717, 1.165) is 5.69 Å². The van der Waals surface area contributed by atoms with Gasteiger partial charge in [-0.1, -0.05) is 25.1 Å². The van der Waals surface area contributed by atoms with Crippen LogP contribution in [-0.4, -0.2) is 9.55 Å². The Morgan fingerprint density at radius 2 is 2.00 bits per heavy atom. The fraction of sp³-hybridized carbons (Fsp3) is 0.357. The SMILES string of the molecule is Cc1cccc(C(C)c2cn(C)cn2)c1C. The van der Waals surface area contributed by atoms with Crippen molar-refractivity contribution in [2.24, 2.45) is 7.05 Å². The Morgan fingerprint density at radius 1 is 1.25 bits per heavy atom. The largest absolute Gasteiger partial charge is 0.340 e. The molecule has 0 fully saturated rings. The molecule has 1 atom stereocenters. The summed E-state index contributed by atoms with van der Waals surface area (Å²) in [6, 6.07) is 6.47. The molecular formula is C14H18N2. The van der Waals surface area contributed by atoms with Gasteiger partial charge in [-0.2, -0.15) is 0 Å². The average Bonchev–Trinajstić information content (AvgIpc) is 2.68. The highest BCUT2D eigenvalue weighted by molar-refractivity contribution is 5.38. The minimum absolute atomic E-state index is 0.362. The molecule has 2 rings (SSSR count). The first-order valence-corrected chi connectivity index (χ1v) is 5.63. The summed E-state index contributed by atoms with van der Waals surface area (Å²) >= 11 is 0. The van der Waals surface area contributed by atoms with Crippen LogP contribution in [0.25, 0.3) is 0 Å². The maximum atomic E-state index is 4.43. The number of benzene rings is 1.